The molecule has 0 amide bonds. The highest BCUT2D eigenvalue weighted by atomic mass is 32.2. The Morgan fingerprint density at radius 1 is 1.44 bits per heavy atom. The Balaban J connectivity index is 1.97. The lowest BCUT2D eigenvalue weighted by Gasteiger charge is -2.14. The minimum atomic E-state index is 0.575. The largest absolute Gasteiger partial charge is 0.382 e. The Labute approximate surface area is 101 Å². The molecule has 0 saturated heterocycles. The Morgan fingerprint density at radius 2 is 2.31 bits per heavy atom. The second-order valence-electron chi connectivity index (χ2n) is 4.20. The quantitative estimate of drug-likeness (QED) is 0.869. The molecule has 1 N–H and O–H groups in total. The highest BCUT2D eigenvalue weighted by molar-refractivity contribution is 7.99. The molecular weight excluding hydrogens is 216 g/mol. The Bertz CT molecular complexity index is 397. The van der Waals surface area contributed by atoms with Crippen molar-refractivity contribution in [3.05, 3.63) is 29.8 Å². The van der Waals surface area contributed by atoms with Gasteiger partial charge in [0.2, 0.25) is 0 Å². The summed E-state index contributed by atoms with van der Waals surface area (Å²) in [6.45, 7) is 0. The normalized spacial score (nSPS) is 24.0. The van der Waals surface area contributed by atoms with Crippen molar-refractivity contribution < 1.29 is 0 Å². The molecule has 0 spiro atoms. The maximum atomic E-state index is 8.82. The van der Waals surface area contributed by atoms with Crippen molar-refractivity contribution in [2.75, 3.05) is 11.6 Å². The standard InChI is InChI=1S/C13H16N2S/c1-16-13-6-5-12(8-13)15-11-4-2-3-10(7-11)9-14/h2-4,7,12-13,15H,5-6,8H2,1H3. The highest BCUT2D eigenvalue weighted by Gasteiger charge is 2.23. The Kier molecular flexibility index (Phi) is 3.74. The van der Waals surface area contributed by atoms with Crippen molar-refractivity contribution in [1.82, 2.24) is 0 Å². The van der Waals surface area contributed by atoms with E-state index in [4.69, 9.17) is 5.26 Å². The van der Waals surface area contributed by atoms with E-state index in [1.807, 2.05) is 36.0 Å². The molecule has 0 bridgehead atoms. The number of hydrogen-bond donors (Lipinski definition) is 1. The van der Waals surface area contributed by atoms with Gasteiger partial charge < -0.3 is 5.32 Å². The minimum absolute atomic E-state index is 0.575. The number of nitrogens with zero attached hydrogens (tertiary/aromatic N) is 1. The maximum Gasteiger partial charge on any atom is 0.0992 e. The van der Waals surface area contributed by atoms with Crippen LogP contribution < -0.4 is 5.32 Å². The molecule has 16 heavy (non-hydrogen) atoms. The molecule has 0 aromatic heterocycles. The molecule has 0 heterocycles. The summed E-state index contributed by atoms with van der Waals surface area (Å²) in [7, 11) is 0. The van der Waals surface area contributed by atoms with Crippen molar-refractivity contribution in [2.45, 2.75) is 30.6 Å². The van der Waals surface area contributed by atoms with Gasteiger partial charge in [0.25, 0.3) is 0 Å². The van der Waals surface area contributed by atoms with Crippen molar-refractivity contribution in [2.24, 2.45) is 0 Å². The molecule has 1 aromatic carbocycles. The Hall–Kier alpha value is -1.14. The van der Waals surface area contributed by atoms with E-state index in [1.165, 1.54) is 19.3 Å². The van der Waals surface area contributed by atoms with Crippen LogP contribution in [0, 0.1) is 11.3 Å². The smallest absolute Gasteiger partial charge is 0.0992 e. The van der Waals surface area contributed by atoms with Gasteiger partial charge in [-0.05, 0) is 43.7 Å². The first kappa shape index (κ1) is 11.3. The van der Waals surface area contributed by atoms with Gasteiger partial charge in [-0.3, -0.25) is 0 Å². The zero-order valence-electron chi connectivity index (χ0n) is 9.44. The zero-order valence-corrected chi connectivity index (χ0v) is 10.3. The van der Waals surface area contributed by atoms with Crippen LogP contribution >= 0.6 is 11.8 Å². The summed E-state index contributed by atoms with van der Waals surface area (Å²) in [4.78, 5) is 0. The first-order valence-electron chi connectivity index (χ1n) is 5.61. The highest BCUT2D eigenvalue weighted by Crippen LogP contribution is 2.30. The first-order valence-corrected chi connectivity index (χ1v) is 6.90. The number of anilines is 1. The number of nitrogens with one attached hydrogen (secondary N) is 1. The van der Waals surface area contributed by atoms with E-state index in [0.29, 0.717) is 6.04 Å². The Morgan fingerprint density at radius 3 is 3.00 bits per heavy atom. The SMILES string of the molecule is CSC1CCC(Nc2cccc(C#N)c2)C1. The number of thioether (sulfide) groups is 1. The lowest BCUT2D eigenvalue weighted by molar-refractivity contribution is 0.757. The summed E-state index contributed by atoms with van der Waals surface area (Å²) < 4.78 is 0. The van der Waals surface area contributed by atoms with E-state index in [2.05, 4.69) is 17.6 Å². The summed E-state index contributed by atoms with van der Waals surface area (Å²) >= 11 is 1.96. The number of benzene rings is 1. The van der Waals surface area contributed by atoms with Crippen LogP contribution in [-0.4, -0.2) is 17.5 Å². The van der Waals surface area contributed by atoms with Crippen molar-refractivity contribution >= 4 is 17.4 Å². The summed E-state index contributed by atoms with van der Waals surface area (Å²) in [6.07, 6.45) is 5.96. The monoisotopic (exact) mass is 232 g/mol. The molecule has 2 rings (SSSR count). The van der Waals surface area contributed by atoms with Crippen LogP contribution in [0.1, 0.15) is 24.8 Å². The summed E-state index contributed by atoms with van der Waals surface area (Å²) in [5, 5.41) is 13.1. The fourth-order valence-electron chi connectivity index (χ4n) is 2.20. The van der Waals surface area contributed by atoms with Gasteiger partial charge in [-0.2, -0.15) is 17.0 Å². The molecule has 1 saturated carbocycles. The average Bonchev–Trinajstić information content (AvgIpc) is 2.77. The molecule has 1 aromatic rings. The van der Waals surface area contributed by atoms with Gasteiger partial charge in [0.05, 0.1) is 11.6 Å². The predicted molar refractivity (Wildman–Crippen MR) is 69.7 cm³/mol. The van der Waals surface area contributed by atoms with Crippen LogP contribution in [-0.2, 0) is 0 Å². The lowest BCUT2D eigenvalue weighted by Crippen LogP contribution is -2.15. The van der Waals surface area contributed by atoms with E-state index in [0.717, 1.165) is 16.5 Å². The molecule has 3 heteroatoms. The van der Waals surface area contributed by atoms with Gasteiger partial charge in [0.1, 0.15) is 0 Å². The number of hydrogen-bond acceptors (Lipinski definition) is 3. The lowest BCUT2D eigenvalue weighted by atomic mass is 10.2. The summed E-state index contributed by atoms with van der Waals surface area (Å²) in [5.41, 5.74) is 1.80. The second-order valence-corrected chi connectivity index (χ2v) is 5.34. The number of nitriles is 1. The van der Waals surface area contributed by atoms with E-state index in [9.17, 15) is 0 Å². The van der Waals surface area contributed by atoms with Gasteiger partial charge >= 0.3 is 0 Å². The molecule has 1 aliphatic rings. The van der Waals surface area contributed by atoms with Crippen molar-refractivity contribution in [3.63, 3.8) is 0 Å². The van der Waals surface area contributed by atoms with E-state index < -0.39 is 0 Å². The molecule has 1 fully saturated rings. The molecule has 2 unspecified atom stereocenters. The van der Waals surface area contributed by atoms with Crippen LogP contribution in [0.4, 0.5) is 5.69 Å². The maximum absolute atomic E-state index is 8.82. The van der Waals surface area contributed by atoms with Gasteiger partial charge in [-0.15, -0.1) is 0 Å². The third-order valence-electron chi connectivity index (χ3n) is 3.08. The van der Waals surface area contributed by atoms with Crippen LogP contribution in [0.25, 0.3) is 0 Å². The number of rotatable bonds is 3. The second kappa shape index (κ2) is 5.27. The average molecular weight is 232 g/mol. The van der Waals surface area contributed by atoms with Crippen molar-refractivity contribution in [1.29, 1.82) is 5.26 Å². The molecular formula is C13H16N2S. The first-order chi connectivity index (χ1) is 7.81. The van der Waals surface area contributed by atoms with Crippen LogP contribution in [0.3, 0.4) is 0 Å². The summed E-state index contributed by atoms with van der Waals surface area (Å²) in [6, 6.07) is 10.5. The third kappa shape index (κ3) is 2.70. The summed E-state index contributed by atoms with van der Waals surface area (Å²) in [5.74, 6) is 0. The molecule has 84 valence electrons. The molecule has 1 aliphatic carbocycles. The molecule has 0 radical (unpaired) electrons. The topological polar surface area (TPSA) is 35.8 Å². The van der Waals surface area contributed by atoms with Gasteiger partial charge in [0, 0.05) is 17.0 Å². The van der Waals surface area contributed by atoms with E-state index in [-0.39, 0.29) is 0 Å². The molecule has 0 aliphatic heterocycles. The van der Waals surface area contributed by atoms with Gasteiger partial charge in [0.15, 0.2) is 0 Å². The van der Waals surface area contributed by atoms with Crippen LogP contribution in [0.5, 0.6) is 0 Å². The molecule has 2 nitrogen and oxygen atoms in total. The minimum Gasteiger partial charge on any atom is -0.382 e. The third-order valence-corrected chi connectivity index (χ3v) is 4.18. The van der Waals surface area contributed by atoms with Gasteiger partial charge in [-0.25, -0.2) is 0 Å². The fourth-order valence-corrected chi connectivity index (χ4v) is 3.00. The van der Waals surface area contributed by atoms with E-state index in [1.54, 1.807) is 0 Å². The predicted octanol–water partition coefficient (Wildman–Crippen LogP) is 3.25. The van der Waals surface area contributed by atoms with Crippen molar-refractivity contribution in [3.8, 4) is 6.07 Å². The molecule has 2 atom stereocenters. The van der Waals surface area contributed by atoms with Gasteiger partial charge in [-0.1, -0.05) is 6.07 Å². The van der Waals surface area contributed by atoms with Crippen LogP contribution in [0.15, 0.2) is 24.3 Å². The zero-order chi connectivity index (χ0) is 11.4. The van der Waals surface area contributed by atoms with E-state index >= 15 is 0 Å². The van der Waals surface area contributed by atoms with Crippen LogP contribution in [0.2, 0.25) is 0 Å². The fraction of sp³-hybridized carbons (Fsp3) is 0.462.